The fraction of sp³-hybridized carbons (Fsp3) is 0.136. The van der Waals surface area contributed by atoms with Gasteiger partial charge in [-0.2, -0.15) is 4.98 Å². The summed E-state index contributed by atoms with van der Waals surface area (Å²) >= 11 is 0. The lowest BCUT2D eigenvalue weighted by atomic mass is 10.1. The Bertz CT molecular complexity index is 1660. The smallest absolute Gasteiger partial charge is 0.329 e. The molecular formula is C22H17N5O5. The Hall–Kier alpha value is -4.47. The van der Waals surface area contributed by atoms with E-state index >= 15 is 0 Å². The molecule has 0 atom stereocenters. The number of H-pyrrole nitrogens is 1. The van der Waals surface area contributed by atoms with Crippen molar-refractivity contribution in [1.82, 2.24) is 23.5 Å². The van der Waals surface area contributed by atoms with Gasteiger partial charge in [-0.1, -0.05) is 18.2 Å². The van der Waals surface area contributed by atoms with E-state index in [1.165, 1.54) is 4.57 Å². The van der Waals surface area contributed by atoms with E-state index < -0.39 is 11.2 Å². The number of hydrogen-bond donors (Lipinski definition) is 1. The minimum Gasteiger partial charge on any atom is -0.495 e. The zero-order valence-corrected chi connectivity index (χ0v) is 17.2. The number of aromatic nitrogens is 5. The highest BCUT2D eigenvalue weighted by atomic mass is 16.7. The molecule has 2 aromatic carbocycles. The number of nitrogens with zero attached hydrogens (tertiary/aromatic N) is 4. The van der Waals surface area contributed by atoms with Gasteiger partial charge in [-0.15, -0.1) is 0 Å². The molecule has 0 fully saturated rings. The van der Waals surface area contributed by atoms with Crippen molar-refractivity contribution in [3.63, 3.8) is 0 Å². The van der Waals surface area contributed by atoms with Crippen LogP contribution in [0.2, 0.25) is 0 Å². The second-order valence-corrected chi connectivity index (χ2v) is 7.33. The predicted octanol–water partition coefficient (Wildman–Crippen LogP) is 2.07. The van der Waals surface area contributed by atoms with Gasteiger partial charge in [0.05, 0.1) is 18.5 Å². The normalized spacial score (nSPS) is 12.7. The summed E-state index contributed by atoms with van der Waals surface area (Å²) in [6, 6.07) is 13.1. The number of imidazole rings is 2. The first-order valence-corrected chi connectivity index (χ1v) is 9.83. The van der Waals surface area contributed by atoms with Gasteiger partial charge in [0.1, 0.15) is 5.75 Å². The summed E-state index contributed by atoms with van der Waals surface area (Å²) in [7, 11) is 3.16. The maximum absolute atomic E-state index is 12.7. The summed E-state index contributed by atoms with van der Waals surface area (Å²) in [4.78, 5) is 31.9. The highest BCUT2D eigenvalue weighted by molar-refractivity contribution is 5.82. The summed E-state index contributed by atoms with van der Waals surface area (Å²) in [5.74, 6) is 2.31. The van der Waals surface area contributed by atoms with Crippen molar-refractivity contribution in [1.29, 1.82) is 0 Å². The fourth-order valence-corrected chi connectivity index (χ4v) is 4.13. The van der Waals surface area contributed by atoms with Gasteiger partial charge >= 0.3 is 5.69 Å². The molecular weight excluding hydrogens is 414 g/mol. The zero-order chi connectivity index (χ0) is 22.0. The van der Waals surface area contributed by atoms with Crippen LogP contribution in [0.5, 0.6) is 17.2 Å². The van der Waals surface area contributed by atoms with Crippen molar-refractivity contribution in [2.24, 2.45) is 7.05 Å². The molecule has 0 amide bonds. The number of rotatable bonds is 3. The lowest BCUT2D eigenvalue weighted by Gasteiger charge is -2.14. The van der Waals surface area contributed by atoms with Crippen LogP contribution in [0.4, 0.5) is 0 Å². The molecule has 3 aromatic heterocycles. The van der Waals surface area contributed by atoms with E-state index in [-0.39, 0.29) is 18.0 Å². The van der Waals surface area contributed by atoms with Gasteiger partial charge in [-0.25, -0.2) is 4.79 Å². The van der Waals surface area contributed by atoms with E-state index in [0.717, 1.165) is 11.3 Å². The average molecular weight is 431 g/mol. The Morgan fingerprint density at radius 1 is 1.09 bits per heavy atom. The van der Waals surface area contributed by atoms with E-state index in [1.54, 1.807) is 24.8 Å². The van der Waals surface area contributed by atoms with Crippen LogP contribution in [0.15, 0.2) is 58.3 Å². The van der Waals surface area contributed by atoms with E-state index in [1.807, 2.05) is 47.0 Å². The number of ether oxygens (including phenoxy) is 3. The number of nitrogens with one attached hydrogen (secondary N) is 1. The first-order valence-electron chi connectivity index (χ1n) is 9.83. The molecule has 10 nitrogen and oxygen atoms in total. The quantitative estimate of drug-likeness (QED) is 0.469. The molecule has 0 saturated heterocycles. The van der Waals surface area contributed by atoms with Gasteiger partial charge < -0.3 is 14.2 Å². The summed E-state index contributed by atoms with van der Waals surface area (Å²) in [6.45, 7) is 0.129. The molecule has 0 radical (unpaired) electrons. The van der Waals surface area contributed by atoms with Crippen molar-refractivity contribution >= 4 is 16.9 Å². The minimum atomic E-state index is -0.529. The summed E-state index contributed by atoms with van der Waals surface area (Å²) in [5.41, 5.74) is 1.70. The molecule has 0 unspecified atom stereocenters. The van der Waals surface area contributed by atoms with Crippen molar-refractivity contribution < 1.29 is 14.2 Å². The molecule has 4 heterocycles. The molecule has 5 aromatic rings. The van der Waals surface area contributed by atoms with Crippen molar-refractivity contribution in [2.75, 3.05) is 13.9 Å². The third kappa shape index (κ3) is 2.37. The largest absolute Gasteiger partial charge is 0.495 e. The molecule has 160 valence electrons. The van der Waals surface area contributed by atoms with E-state index in [4.69, 9.17) is 14.2 Å². The minimum absolute atomic E-state index is 0.129. The highest BCUT2D eigenvalue weighted by Gasteiger charge is 2.26. The van der Waals surface area contributed by atoms with Gasteiger partial charge in [0.15, 0.2) is 22.7 Å². The SMILES string of the molecule is COc1ccccc1-n1c(-c2cccc3c2OCO3)cn2c3c(=O)[nH]c(=O)n(C)c3nc12. The number of aryl methyl sites for hydroxylation is 1. The first kappa shape index (κ1) is 18.3. The van der Waals surface area contributed by atoms with Gasteiger partial charge in [0.2, 0.25) is 12.6 Å². The zero-order valence-electron chi connectivity index (χ0n) is 17.2. The van der Waals surface area contributed by atoms with Crippen LogP contribution >= 0.6 is 0 Å². The molecule has 0 aliphatic carbocycles. The number of aromatic amines is 1. The second-order valence-electron chi connectivity index (χ2n) is 7.33. The molecule has 0 saturated carbocycles. The van der Waals surface area contributed by atoms with Crippen molar-refractivity contribution in [3.05, 3.63) is 69.5 Å². The fourth-order valence-electron chi connectivity index (χ4n) is 4.13. The maximum atomic E-state index is 12.7. The van der Waals surface area contributed by atoms with Gasteiger partial charge in [-0.3, -0.25) is 23.3 Å². The summed E-state index contributed by atoms with van der Waals surface area (Å²) in [6.07, 6.45) is 1.80. The van der Waals surface area contributed by atoms with Crippen LogP contribution in [0.1, 0.15) is 0 Å². The number of hydrogen-bond acceptors (Lipinski definition) is 6. The third-order valence-electron chi connectivity index (χ3n) is 5.62. The maximum Gasteiger partial charge on any atom is 0.329 e. The van der Waals surface area contributed by atoms with Crippen molar-refractivity contribution in [2.45, 2.75) is 0 Å². The van der Waals surface area contributed by atoms with Crippen LogP contribution < -0.4 is 25.5 Å². The average Bonchev–Trinajstić information content (AvgIpc) is 3.50. The molecule has 10 heteroatoms. The monoisotopic (exact) mass is 431 g/mol. The van der Waals surface area contributed by atoms with Crippen LogP contribution in [-0.2, 0) is 7.05 Å². The molecule has 1 aliphatic heterocycles. The molecule has 1 N–H and O–H groups in total. The Labute approximate surface area is 179 Å². The Morgan fingerprint density at radius 2 is 1.94 bits per heavy atom. The topological polar surface area (TPSA) is 105 Å². The Balaban J connectivity index is 1.80. The van der Waals surface area contributed by atoms with E-state index in [9.17, 15) is 9.59 Å². The van der Waals surface area contributed by atoms with Gasteiger partial charge in [0.25, 0.3) is 5.56 Å². The highest BCUT2D eigenvalue weighted by Crippen LogP contribution is 2.43. The van der Waals surface area contributed by atoms with E-state index in [2.05, 4.69) is 9.97 Å². The summed E-state index contributed by atoms with van der Waals surface area (Å²) in [5, 5.41) is 0. The molecule has 1 aliphatic rings. The van der Waals surface area contributed by atoms with Gasteiger partial charge in [-0.05, 0) is 24.3 Å². The third-order valence-corrected chi connectivity index (χ3v) is 5.62. The number of fused-ring (bicyclic) bond motifs is 4. The molecule has 6 rings (SSSR count). The molecule has 0 bridgehead atoms. The molecule has 32 heavy (non-hydrogen) atoms. The summed E-state index contributed by atoms with van der Waals surface area (Å²) < 4.78 is 21.8. The van der Waals surface area contributed by atoms with Gasteiger partial charge in [0, 0.05) is 18.8 Å². The predicted molar refractivity (Wildman–Crippen MR) is 116 cm³/mol. The lowest BCUT2D eigenvalue weighted by molar-refractivity contribution is 0.174. The number of benzene rings is 2. The van der Waals surface area contributed by atoms with Crippen LogP contribution in [-0.4, -0.2) is 37.4 Å². The van der Waals surface area contributed by atoms with E-state index in [0.29, 0.717) is 28.7 Å². The number of para-hydroxylation sites is 3. The second kappa shape index (κ2) is 6.51. The van der Waals surface area contributed by atoms with Crippen LogP contribution in [0.25, 0.3) is 33.9 Å². The van der Waals surface area contributed by atoms with Crippen LogP contribution in [0, 0.1) is 0 Å². The van der Waals surface area contributed by atoms with Crippen LogP contribution in [0.3, 0.4) is 0 Å². The standard InChI is InChI=1S/C22H17N5O5/c1-25-19-17(20(28)24-22(25)29)26-10-14(12-6-5-9-16-18(12)32-11-31-16)27(21(26)23-19)13-7-3-4-8-15(13)30-2/h3-10H,11H2,1-2H3,(H,24,28,29). The lowest BCUT2D eigenvalue weighted by Crippen LogP contribution is -2.28. The van der Waals surface area contributed by atoms with Crippen molar-refractivity contribution in [3.8, 4) is 34.2 Å². The Kier molecular flexibility index (Phi) is 3.73. The Morgan fingerprint density at radius 3 is 2.78 bits per heavy atom. The molecule has 0 spiro atoms. The number of methoxy groups -OCH3 is 1. The first-order chi connectivity index (χ1) is 15.6.